The molecule has 0 radical (unpaired) electrons. The molecular weight excluding hydrogens is 274 g/mol. The summed E-state index contributed by atoms with van der Waals surface area (Å²) in [6.45, 7) is 1.96. The Balaban J connectivity index is 2.28. The average Bonchev–Trinajstić information content (AvgIpc) is 2.54. The molecule has 21 heavy (non-hydrogen) atoms. The first kappa shape index (κ1) is 14.9. The Morgan fingerprint density at radius 2 is 1.33 bits per heavy atom. The Kier molecular flexibility index (Phi) is 4.82. The first-order chi connectivity index (χ1) is 10.1. The van der Waals surface area contributed by atoms with Crippen molar-refractivity contribution in [3.05, 3.63) is 71.3 Å². The van der Waals surface area contributed by atoms with Crippen molar-refractivity contribution in [3.8, 4) is 0 Å². The van der Waals surface area contributed by atoms with E-state index in [2.05, 4.69) is 0 Å². The molecule has 0 aliphatic carbocycles. The molecule has 0 fully saturated rings. The van der Waals surface area contributed by atoms with E-state index >= 15 is 0 Å². The zero-order valence-electron chi connectivity index (χ0n) is 11.5. The Labute approximate surface area is 121 Å². The van der Waals surface area contributed by atoms with Crippen LogP contribution in [0.3, 0.4) is 0 Å². The zero-order chi connectivity index (χ0) is 15.2. The first-order valence-electron chi connectivity index (χ1n) is 6.51. The molecule has 0 unspecified atom stereocenters. The first-order valence-corrected chi connectivity index (χ1v) is 6.51. The smallest absolute Gasteiger partial charge is 0.338 e. The van der Waals surface area contributed by atoms with Gasteiger partial charge in [-0.2, -0.15) is 0 Å². The molecule has 0 heterocycles. The summed E-state index contributed by atoms with van der Waals surface area (Å²) in [5, 5.41) is 0. The number of carbonyl (C=O) groups excluding carboxylic acids is 1. The quantitative estimate of drug-likeness (QED) is 0.605. The number of hydrogen-bond acceptors (Lipinski definition) is 2. The highest BCUT2D eigenvalue weighted by Gasteiger charge is 2.12. The molecule has 4 heteroatoms. The van der Waals surface area contributed by atoms with E-state index in [1.807, 2.05) is 0 Å². The monoisotopic (exact) mass is 288 g/mol. The van der Waals surface area contributed by atoms with Crippen LogP contribution in [-0.4, -0.2) is 12.6 Å². The van der Waals surface area contributed by atoms with Crippen molar-refractivity contribution in [3.63, 3.8) is 0 Å². The van der Waals surface area contributed by atoms with Gasteiger partial charge < -0.3 is 4.74 Å². The minimum atomic E-state index is -0.961. The van der Waals surface area contributed by atoms with Crippen LogP contribution in [0.5, 0.6) is 0 Å². The summed E-state index contributed by atoms with van der Waals surface area (Å²) >= 11 is 0. The number of benzene rings is 2. The van der Waals surface area contributed by atoms with Crippen molar-refractivity contribution >= 4 is 17.6 Å². The molecule has 2 nitrogen and oxygen atoms in total. The van der Waals surface area contributed by atoms with Crippen LogP contribution in [0.1, 0.15) is 28.4 Å². The molecule has 0 aliphatic rings. The highest BCUT2D eigenvalue weighted by molar-refractivity contribution is 5.90. The maximum absolute atomic E-state index is 14.1. The van der Waals surface area contributed by atoms with Gasteiger partial charge in [0, 0.05) is 11.1 Å². The van der Waals surface area contributed by atoms with Crippen molar-refractivity contribution in [2.45, 2.75) is 6.92 Å². The van der Waals surface area contributed by atoms with Gasteiger partial charge in [0.05, 0.1) is 12.2 Å². The fourth-order valence-electron chi connectivity index (χ4n) is 1.80. The minimum absolute atomic E-state index is 0.0735. The van der Waals surface area contributed by atoms with E-state index in [9.17, 15) is 13.6 Å². The van der Waals surface area contributed by atoms with Crippen LogP contribution in [0, 0.1) is 0 Å². The van der Waals surface area contributed by atoms with Crippen LogP contribution in [-0.2, 0) is 4.74 Å². The summed E-state index contributed by atoms with van der Waals surface area (Å²) in [6, 6.07) is 13.5. The molecule has 108 valence electrons. The van der Waals surface area contributed by atoms with Crippen LogP contribution in [0.4, 0.5) is 8.78 Å². The van der Waals surface area contributed by atoms with E-state index in [0.29, 0.717) is 5.56 Å². The highest BCUT2D eigenvalue weighted by Crippen LogP contribution is 2.28. The molecule has 0 N–H and O–H groups in total. The van der Waals surface area contributed by atoms with E-state index in [1.54, 1.807) is 25.1 Å². The largest absolute Gasteiger partial charge is 0.462 e. The highest BCUT2D eigenvalue weighted by atomic mass is 19.2. The summed E-state index contributed by atoms with van der Waals surface area (Å²) in [5.41, 5.74) is 0.544. The lowest BCUT2D eigenvalue weighted by Gasteiger charge is -2.04. The molecule has 0 saturated carbocycles. The number of hydrogen-bond donors (Lipinski definition) is 0. The summed E-state index contributed by atoms with van der Waals surface area (Å²) in [7, 11) is 0. The lowest BCUT2D eigenvalue weighted by atomic mass is 10.1. The number of halogens is 2. The summed E-state index contributed by atoms with van der Waals surface area (Å²) in [6.07, 6.45) is 0. The van der Waals surface area contributed by atoms with Gasteiger partial charge in [0.2, 0.25) is 0 Å². The molecule has 0 saturated heterocycles. The minimum Gasteiger partial charge on any atom is -0.462 e. The van der Waals surface area contributed by atoms with Gasteiger partial charge in [-0.05, 0) is 19.1 Å². The zero-order valence-corrected chi connectivity index (χ0v) is 11.5. The van der Waals surface area contributed by atoms with E-state index < -0.39 is 17.6 Å². The lowest BCUT2D eigenvalue weighted by molar-refractivity contribution is 0.0526. The second-order valence-corrected chi connectivity index (χ2v) is 4.29. The molecule has 2 aromatic rings. The van der Waals surface area contributed by atoms with Crippen molar-refractivity contribution in [2.24, 2.45) is 0 Å². The van der Waals surface area contributed by atoms with Gasteiger partial charge in [-0.1, -0.05) is 42.5 Å². The molecular formula is C17H14F2O2. The Bertz CT molecular complexity index is 646. The molecule has 2 aromatic carbocycles. The van der Waals surface area contributed by atoms with Crippen LogP contribution in [0.25, 0.3) is 11.7 Å². The normalized spacial score (nSPS) is 11.8. The molecule has 0 bridgehead atoms. The third-order valence-corrected chi connectivity index (χ3v) is 2.87. The van der Waals surface area contributed by atoms with Gasteiger partial charge in [-0.15, -0.1) is 0 Å². The SMILES string of the molecule is CCOC(=O)c1ccc(/C(F)=C(\F)c2ccccc2)cc1. The van der Waals surface area contributed by atoms with Crippen LogP contribution in [0.15, 0.2) is 54.6 Å². The maximum atomic E-state index is 14.1. The second-order valence-electron chi connectivity index (χ2n) is 4.29. The predicted octanol–water partition coefficient (Wildman–Crippen LogP) is 4.63. The molecule has 0 atom stereocenters. The van der Waals surface area contributed by atoms with Gasteiger partial charge in [0.1, 0.15) is 0 Å². The van der Waals surface area contributed by atoms with Gasteiger partial charge in [-0.3, -0.25) is 0 Å². The Morgan fingerprint density at radius 1 is 0.857 bits per heavy atom. The van der Waals surface area contributed by atoms with E-state index in [1.165, 1.54) is 36.4 Å². The molecule has 2 rings (SSSR count). The second kappa shape index (κ2) is 6.79. The third-order valence-electron chi connectivity index (χ3n) is 2.87. The van der Waals surface area contributed by atoms with Gasteiger partial charge in [0.15, 0.2) is 11.7 Å². The summed E-state index contributed by atoms with van der Waals surface area (Å²) < 4.78 is 32.9. The van der Waals surface area contributed by atoms with E-state index in [0.717, 1.165) is 0 Å². The van der Waals surface area contributed by atoms with E-state index in [-0.39, 0.29) is 17.7 Å². The van der Waals surface area contributed by atoms with E-state index in [4.69, 9.17) is 4.74 Å². The molecule has 0 amide bonds. The standard InChI is InChI=1S/C17H14F2O2/c1-2-21-17(20)14-10-8-13(9-11-14)16(19)15(18)12-6-4-3-5-7-12/h3-11H,2H2,1H3/b16-15+. The van der Waals surface area contributed by atoms with Crippen molar-refractivity contribution < 1.29 is 18.3 Å². The van der Waals surface area contributed by atoms with Gasteiger partial charge >= 0.3 is 5.97 Å². The fourth-order valence-corrected chi connectivity index (χ4v) is 1.80. The van der Waals surface area contributed by atoms with Crippen LogP contribution >= 0.6 is 0 Å². The Hall–Kier alpha value is -2.49. The number of esters is 1. The number of rotatable bonds is 4. The molecule has 0 aromatic heterocycles. The third kappa shape index (κ3) is 3.54. The fraction of sp³-hybridized carbons (Fsp3) is 0.118. The van der Waals surface area contributed by atoms with Crippen LogP contribution in [0.2, 0.25) is 0 Å². The maximum Gasteiger partial charge on any atom is 0.338 e. The van der Waals surface area contributed by atoms with Gasteiger partial charge in [0.25, 0.3) is 0 Å². The number of carbonyl (C=O) groups is 1. The molecule has 0 spiro atoms. The average molecular weight is 288 g/mol. The lowest BCUT2D eigenvalue weighted by Crippen LogP contribution is -2.04. The molecule has 0 aliphatic heterocycles. The Morgan fingerprint density at radius 3 is 1.86 bits per heavy atom. The van der Waals surface area contributed by atoms with Crippen molar-refractivity contribution in [1.29, 1.82) is 0 Å². The summed E-state index contributed by atoms with van der Waals surface area (Å²) in [4.78, 5) is 11.5. The van der Waals surface area contributed by atoms with Crippen molar-refractivity contribution in [1.82, 2.24) is 0 Å². The summed E-state index contributed by atoms with van der Waals surface area (Å²) in [5.74, 6) is -2.38. The van der Waals surface area contributed by atoms with Crippen LogP contribution < -0.4 is 0 Å². The van der Waals surface area contributed by atoms with Gasteiger partial charge in [-0.25, -0.2) is 13.6 Å². The topological polar surface area (TPSA) is 26.3 Å². The van der Waals surface area contributed by atoms with Crippen molar-refractivity contribution in [2.75, 3.05) is 6.61 Å². The predicted molar refractivity (Wildman–Crippen MR) is 77.9 cm³/mol. The number of ether oxygens (including phenoxy) is 1.